The van der Waals surface area contributed by atoms with Crippen LogP contribution in [0.3, 0.4) is 0 Å². The van der Waals surface area contributed by atoms with E-state index in [0.29, 0.717) is 13.0 Å². The molecular weight excluding hydrogens is 328 g/mol. The van der Waals surface area contributed by atoms with Crippen molar-refractivity contribution in [3.8, 4) is 6.07 Å². The molecule has 7 nitrogen and oxygen atoms in total. The van der Waals surface area contributed by atoms with Gasteiger partial charge in [0.05, 0.1) is 37.4 Å². The van der Waals surface area contributed by atoms with Crippen molar-refractivity contribution in [2.45, 2.75) is 44.7 Å². The SMILES string of the molecule is C/N=C(/c1cnn(CCC#N)c1)N1CCC(CNC2CC2)(COC)CC1. The van der Waals surface area contributed by atoms with Crippen molar-refractivity contribution in [1.29, 1.82) is 5.26 Å². The van der Waals surface area contributed by atoms with Crippen LogP contribution < -0.4 is 5.32 Å². The van der Waals surface area contributed by atoms with Crippen LogP contribution in [-0.2, 0) is 11.3 Å². The zero-order valence-corrected chi connectivity index (χ0v) is 15.9. The molecule has 1 aliphatic heterocycles. The van der Waals surface area contributed by atoms with Gasteiger partial charge in [-0.3, -0.25) is 9.67 Å². The molecule has 0 amide bonds. The van der Waals surface area contributed by atoms with Crippen LogP contribution in [0.4, 0.5) is 0 Å². The number of nitrogens with zero attached hydrogens (tertiary/aromatic N) is 5. The third-order valence-corrected chi connectivity index (χ3v) is 5.47. The number of amidine groups is 1. The number of aliphatic imine (C=N–C) groups is 1. The highest BCUT2D eigenvalue weighted by Gasteiger charge is 2.37. The number of nitrogens with one attached hydrogen (secondary N) is 1. The number of hydrogen-bond donors (Lipinski definition) is 1. The maximum absolute atomic E-state index is 8.73. The van der Waals surface area contributed by atoms with Gasteiger partial charge in [-0.2, -0.15) is 10.4 Å². The summed E-state index contributed by atoms with van der Waals surface area (Å²) in [5, 5.41) is 16.8. The molecule has 0 unspecified atom stereocenters. The number of methoxy groups -OCH3 is 1. The Morgan fingerprint density at radius 3 is 2.85 bits per heavy atom. The summed E-state index contributed by atoms with van der Waals surface area (Å²) in [6, 6.07) is 2.89. The average molecular weight is 358 g/mol. The lowest BCUT2D eigenvalue weighted by Crippen LogP contribution is -2.49. The highest BCUT2D eigenvalue weighted by atomic mass is 16.5. The lowest BCUT2D eigenvalue weighted by atomic mass is 9.78. The van der Waals surface area contributed by atoms with Crippen molar-refractivity contribution in [2.24, 2.45) is 10.4 Å². The van der Waals surface area contributed by atoms with Crippen LogP contribution in [-0.4, -0.2) is 67.0 Å². The van der Waals surface area contributed by atoms with Crippen molar-refractivity contribution in [1.82, 2.24) is 20.0 Å². The Labute approximate surface area is 156 Å². The first-order valence-electron chi connectivity index (χ1n) is 9.53. The lowest BCUT2D eigenvalue weighted by Gasteiger charge is -2.42. The van der Waals surface area contributed by atoms with Gasteiger partial charge in [0.1, 0.15) is 5.84 Å². The Morgan fingerprint density at radius 1 is 1.46 bits per heavy atom. The van der Waals surface area contributed by atoms with E-state index < -0.39 is 0 Å². The molecule has 2 fully saturated rings. The largest absolute Gasteiger partial charge is 0.384 e. The van der Waals surface area contributed by atoms with Crippen molar-refractivity contribution < 1.29 is 4.74 Å². The van der Waals surface area contributed by atoms with Gasteiger partial charge in [0.25, 0.3) is 0 Å². The summed E-state index contributed by atoms with van der Waals surface area (Å²) in [6.07, 6.45) is 9.15. The quantitative estimate of drug-likeness (QED) is 0.565. The smallest absolute Gasteiger partial charge is 0.133 e. The number of aryl methyl sites for hydroxylation is 1. The van der Waals surface area contributed by atoms with Gasteiger partial charge in [-0.25, -0.2) is 0 Å². The van der Waals surface area contributed by atoms with Crippen LogP contribution in [0.15, 0.2) is 17.4 Å². The first kappa shape index (κ1) is 18.9. The molecule has 0 bridgehead atoms. The van der Waals surface area contributed by atoms with E-state index in [0.717, 1.165) is 56.5 Å². The molecule has 2 aliphatic rings. The topological polar surface area (TPSA) is 78.5 Å². The molecule has 1 saturated carbocycles. The summed E-state index contributed by atoms with van der Waals surface area (Å²) in [7, 11) is 3.65. The number of nitriles is 1. The molecule has 142 valence electrons. The Balaban J connectivity index is 1.60. The number of likely N-dealkylation sites (tertiary alicyclic amines) is 1. The number of piperidine rings is 1. The summed E-state index contributed by atoms with van der Waals surface area (Å²) < 4.78 is 7.38. The predicted octanol–water partition coefficient (Wildman–Crippen LogP) is 1.65. The monoisotopic (exact) mass is 358 g/mol. The van der Waals surface area contributed by atoms with Crippen molar-refractivity contribution in [2.75, 3.05) is 40.4 Å². The number of hydrogen-bond acceptors (Lipinski definition) is 5. The van der Waals surface area contributed by atoms with E-state index in [1.54, 1.807) is 7.11 Å². The molecule has 1 aromatic heterocycles. The maximum atomic E-state index is 8.73. The summed E-state index contributed by atoms with van der Waals surface area (Å²) in [4.78, 5) is 6.89. The fourth-order valence-corrected chi connectivity index (χ4v) is 3.74. The first-order valence-corrected chi connectivity index (χ1v) is 9.53. The molecule has 26 heavy (non-hydrogen) atoms. The summed E-state index contributed by atoms with van der Waals surface area (Å²) in [6.45, 7) is 4.43. The Morgan fingerprint density at radius 2 is 2.23 bits per heavy atom. The van der Waals surface area contributed by atoms with Crippen molar-refractivity contribution in [3.63, 3.8) is 0 Å². The number of rotatable bonds is 8. The molecule has 2 heterocycles. The second-order valence-electron chi connectivity index (χ2n) is 7.52. The maximum Gasteiger partial charge on any atom is 0.133 e. The minimum absolute atomic E-state index is 0.226. The fraction of sp³-hybridized carbons (Fsp3) is 0.737. The molecule has 1 N–H and O–H groups in total. The molecule has 7 heteroatoms. The highest BCUT2D eigenvalue weighted by molar-refractivity contribution is 5.98. The van der Waals surface area contributed by atoms with Gasteiger partial charge in [0.2, 0.25) is 0 Å². The molecule has 3 rings (SSSR count). The van der Waals surface area contributed by atoms with E-state index in [1.165, 1.54) is 12.8 Å². The van der Waals surface area contributed by atoms with Crippen LogP contribution in [0.25, 0.3) is 0 Å². The van der Waals surface area contributed by atoms with Crippen LogP contribution >= 0.6 is 0 Å². The van der Waals surface area contributed by atoms with Gasteiger partial charge in [0, 0.05) is 51.4 Å². The normalized spacial score (nSPS) is 20.2. The fourth-order valence-electron chi connectivity index (χ4n) is 3.74. The van der Waals surface area contributed by atoms with Crippen molar-refractivity contribution >= 4 is 5.84 Å². The molecule has 1 aromatic rings. The van der Waals surface area contributed by atoms with Gasteiger partial charge >= 0.3 is 0 Å². The van der Waals surface area contributed by atoms with Gasteiger partial charge in [-0.15, -0.1) is 0 Å². The minimum atomic E-state index is 0.226. The third-order valence-electron chi connectivity index (χ3n) is 5.47. The molecular formula is C19H30N6O. The Hall–Kier alpha value is -1.91. The van der Waals surface area contributed by atoms with Gasteiger partial charge < -0.3 is 15.0 Å². The second-order valence-corrected chi connectivity index (χ2v) is 7.52. The average Bonchev–Trinajstić information content (AvgIpc) is 3.38. The standard InChI is InChI=1S/C19H30N6O/c1-21-18(16-12-23-25(13-16)9-3-8-20)24-10-6-19(7-11-24,15-26-2)14-22-17-4-5-17/h12-13,17,22H,3-7,9-11,14-15H2,1-2H3/b21-18-. The van der Waals surface area contributed by atoms with Crippen LogP contribution in [0.1, 0.15) is 37.7 Å². The van der Waals surface area contributed by atoms with Gasteiger partial charge in [-0.05, 0) is 25.7 Å². The van der Waals surface area contributed by atoms with Gasteiger partial charge in [0.15, 0.2) is 0 Å². The van der Waals surface area contributed by atoms with Gasteiger partial charge in [-0.1, -0.05) is 0 Å². The predicted molar refractivity (Wildman–Crippen MR) is 101 cm³/mol. The minimum Gasteiger partial charge on any atom is -0.384 e. The second kappa shape index (κ2) is 8.65. The van der Waals surface area contributed by atoms with E-state index in [1.807, 2.05) is 24.1 Å². The highest BCUT2D eigenvalue weighted by Crippen LogP contribution is 2.33. The van der Waals surface area contributed by atoms with E-state index in [9.17, 15) is 0 Å². The molecule has 0 spiro atoms. The zero-order valence-electron chi connectivity index (χ0n) is 15.9. The molecule has 0 radical (unpaired) electrons. The zero-order chi connectivity index (χ0) is 18.4. The Bertz CT molecular complexity index is 649. The molecule has 1 saturated heterocycles. The molecule has 0 aromatic carbocycles. The molecule has 1 aliphatic carbocycles. The van der Waals surface area contributed by atoms with E-state index in [4.69, 9.17) is 10.00 Å². The number of aromatic nitrogens is 2. The van der Waals surface area contributed by atoms with Crippen molar-refractivity contribution in [3.05, 3.63) is 18.0 Å². The number of ether oxygens (including phenoxy) is 1. The molecule has 0 atom stereocenters. The van der Waals surface area contributed by atoms with E-state index in [2.05, 4.69) is 26.4 Å². The van der Waals surface area contributed by atoms with E-state index in [-0.39, 0.29) is 5.41 Å². The van der Waals surface area contributed by atoms with Crippen LogP contribution in [0.2, 0.25) is 0 Å². The lowest BCUT2D eigenvalue weighted by molar-refractivity contribution is 0.0365. The first-order chi connectivity index (χ1) is 12.7. The summed E-state index contributed by atoms with van der Waals surface area (Å²) in [5.74, 6) is 0.995. The Kier molecular flexibility index (Phi) is 6.28. The van der Waals surface area contributed by atoms with E-state index >= 15 is 0 Å². The summed E-state index contributed by atoms with van der Waals surface area (Å²) >= 11 is 0. The summed E-state index contributed by atoms with van der Waals surface area (Å²) in [5.41, 5.74) is 1.25. The van der Waals surface area contributed by atoms with Crippen LogP contribution in [0, 0.1) is 16.7 Å². The van der Waals surface area contributed by atoms with Crippen LogP contribution in [0.5, 0.6) is 0 Å². The third kappa shape index (κ3) is 4.63.